The monoisotopic (exact) mass is 326 g/mol. The number of hydrogen-bond donors (Lipinski definition) is 1. The Kier molecular flexibility index (Phi) is 4.33. The second-order valence-corrected chi connectivity index (χ2v) is 6.17. The number of nitrogens with one attached hydrogen (secondary N) is 1. The first-order valence-corrected chi connectivity index (χ1v) is 6.98. The molecule has 2 rings (SSSR count). The van der Waals surface area contributed by atoms with E-state index in [4.69, 9.17) is 0 Å². The van der Waals surface area contributed by atoms with E-state index in [2.05, 4.69) is 21.2 Å². The number of rotatable bonds is 4. The minimum atomic E-state index is -0.346. The lowest BCUT2D eigenvalue weighted by atomic mass is 10.3. The first-order chi connectivity index (χ1) is 8.66. The van der Waals surface area contributed by atoms with Crippen LogP contribution < -0.4 is 10.0 Å². The Labute approximate surface area is 117 Å². The maximum atomic E-state index is 11.7. The van der Waals surface area contributed by atoms with Crippen LogP contribution in [0.4, 0.5) is 0 Å². The zero-order valence-electron chi connectivity index (χ0n) is 9.43. The first-order valence-electron chi connectivity index (χ1n) is 5.37. The summed E-state index contributed by atoms with van der Waals surface area (Å²) >= 11 is 5.02. The lowest BCUT2D eigenvalue weighted by Gasteiger charge is -2.04. The van der Waals surface area contributed by atoms with E-state index < -0.39 is 0 Å². The number of thiophene rings is 1. The van der Waals surface area contributed by atoms with Crippen molar-refractivity contribution in [2.24, 2.45) is 0 Å². The molecule has 1 amide bonds. The molecule has 0 aromatic carbocycles. The van der Waals surface area contributed by atoms with E-state index in [9.17, 15) is 10.0 Å². The van der Waals surface area contributed by atoms with Crippen molar-refractivity contribution in [2.45, 2.75) is 6.42 Å². The highest BCUT2D eigenvalue weighted by Gasteiger charge is 2.13. The van der Waals surface area contributed by atoms with Crippen molar-refractivity contribution >= 4 is 33.2 Å². The molecule has 0 radical (unpaired) electrons. The van der Waals surface area contributed by atoms with Gasteiger partial charge >= 0.3 is 5.91 Å². The minimum Gasteiger partial charge on any atom is -0.618 e. The van der Waals surface area contributed by atoms with Crippen molar-refractivity contribution < 1.29 is 9.52 Å². The molecule has 0 fully saturated rings. The van der Waals surface area contributed by atoms with Gasteiger partial charge in [0.1, 0.15) is 0 Å². The quantitative estimate of drug-likeness (QED) is 0.691. The molecule has 6 heteroatoms. The number of nitrogens with zero attached hydrogens (tertiary/aromatic N) is 1. The predicted molar refractivity (Wildman–Crippen MR) is 73.5 cm³/mol. The van der Waals surface area contributed by atoms with E-state index in [-0.39, 0.29) is 11.6 Å². The lowest BCUT2D eigenvalue weighted by Crippen LogP contribution is -2.39. The lowest BCUT2D eigenvalue weighted by molar-refractivity contribution is -0.607. The predicted octanol–water partition coefficient (Wildman–Crippen LogP) is 2.12. The SMILES string of the molecule is O=C(NCCc1ccc(Br)s1)c1cccc[n+]1[O-]. The Morgan fingerprint density at radius 1 is 1.39 bits per heavy atom. The van der Waals surface area contributed by atoms with Gasteiger partial charge in [0.05, 0.1) is 3.79 Å². The summed E-state index contributed by atoms with van der Waals surface area (Å²) in [4.78, 5) is 12.9. The first kappa shape index (κ1) is 13.0. The highest BCUT2D eigenvalue weighted by Crippen LogP contribution is 2.21. The van der Waals surface area contributed by atoms with Crippen molar-refractivity contribution in [2.75, 3.05) is 6.54 Å². The molecular formula is C12H11BrN2O2S. The zero-order chi connectivity index (χ0) is 13.0. The average Bonchev–Trinajstić information content (AvgIpc) is 2.75. The number of aromatic nitrogens is 1. The summed E-state index contributed by atoms with van der Waals surface area (Å²) in [6.07, 6.45) is 2.07. The van der Waals surface area contributed by atoms with Crippen molar-refractivity contribution in [3.05, 3.63) is 56.1 Å². The van der Waals surface area contributed by atoms with E-state index in [1.165, 1.54) is 17.1 Å². The second-order valence-electron chi connectivity index (χ2n) is 3.62. The molecule has 2 aromatic rings. The number of carbonyl (C=O) groups excluding carboxylic acids is 1. The van der Waals surface area contributed by atoms with Gasteiger partial charge in [0.15, 0.2) is 6.20 Å². The summed E-state index contributed by atoms with van der Waals surface area (Å²) in [5.74, 6) is -0.346. The number of carbonyl (C=O) groups is 1. The summed E-state index contributed by atoms with van der Waals surface area (Å²) in [5.41, 5.74) is 0.116. The molecule has 1 N–H and O–H groups in total. The number of hydrogen-bond acceptors (Lipinski definition) is 3. The molecule has 0 aliphatic heterocycles. The minimum absolute atomic E-state index is 0.116. The van der Waals surface area contributed by atoms with Crippen LogP contribution in [-0.2, 0) is 6.42 Å². The molecular weight excluding hydrogens is 316 g/mol. The van der Waals surface area contributed by atoms with Gasteiger partial charge in [0.2, 0.25) is 0 Å². The topological polar surface area (TPSA) is 56.0 Å². The average molecular weight is 327 g/mol. The van der Waals surface area contributed by atoms with E-state index in [0.717, 1.165) is 10.2 Å². The van der Waals surface area contributed by atoms with Gasteiger partial charge in [-0.05, 0) is 40.5 Å². The van der Waals surface area contributed by atoms with Gasteiger partial charge in [-0.2, -0.15) is 4.73 Å². The third-order valence-electron chi connectivity index (χ3n) is 2.34. The van der Waals surface area contributed by atoms with Crippen LogP contribution in [0.5, 0.6) is 0 Å². The van der Waals surface area contributed by atoms with Gasteiger partial charge in [0, 0.05) is 23.6 Å². The van der Waals surface area contributed by atoms with Crippen molar-refractivity contribution in [1.29, 1.82) is 0 Å². The molecule has 2 aromatic heterocycles. The van der Waals surface area contributed by atoms with Crippen molar-refractivity contribution in [1.82, 2.24) is 5.32 Å². The highest BCUT2D eigenvalue weighted by molar-refractivity contribution is 9.11. The van der Waals surface area contributed by atoms with Gasteiger partial charge in [-0.15, -0.1) is 11.3 Å². The molecule has 0 bridgehead atoms. The molecule has 0 aliphatic carbocycles. The number of pyridine rings is 1. The molecule has 2 heterocycles. The summed E-state index contributed by atoms with van der Waals surface area (Å²) in [5, 5.41) is 14.1. The van der Waals surface area contributed by atoms with Crippen LogP contribution in [0.3, 0.4) is 0 Å². The van der Waals surface area contributed by atoms with Gasteiger partial charge in [-0.1, -0.05) is 0 Å². The van der Waals surface area contributed by atoms with Crippen LogP contribution in [0.25, 0.3) is 0 Å². The van der Waals surface area contributed by atoms with Crippen LogP contribution >= 0.6 is 27.3 Å². The van der Waals surface area contributed by atoms with Crippen LogP contribution in [-0.4, -0.2) is 12.5 Å². The maximum absolute atomic E-state index is 11.7. The van der Waals surface area contributed by atoms with Crippen LogP contribution in [0, 0.1) is 5.21 Å². The van der Waals surface area contributed by atoms with Gasteiger partial charge in [-0.3, -0.25) is 4.79 Å². The summed E-state index contributed by atoms with van der Waals surface area (Å²) in [6.45, 7) is 0.515. The van der Waals surface area contributed by atoms with Crippen molar-refractivity contribution in [3.8, 4) is 0 Å². The molecule has 0 spiro atoms. The number of amides is 1. The van der Waals surface area contributed by atoms with Gasteiger partial charge in [-0.25, -0.2) is 0 Å². The van der Waals surface area contributed by atoms with Crippen molar-refractivity contribution in [3.63, 3.8) is 0 Å². The summed E-state index contributed by atoms with van der Waals surface area (Å²) in [7, 11) is 0. The third-order valence-corrected chi connectivity index (χ3v) is 4.03. The van der Waals surface area contributed by atoms with E-state index in [1.54, 1.807) is 23.5 Å². The fourth-order valence-corrected chi connectivity index (χ4v) is 2.96. The van der Waals surface area contributed by atoms with Crippen LogP contribution in [0.15, 0.2) is 40.3 Å². The smallest absolute Gasteiger partial charge is 0.317 e. The normalized spacial score (nSPS) is 10.3. The molecule has 0 saturated carbocycles. The molecule has 0 saturated heterocycles. The molecule has 0 aliphatic rings. The van der Waals surface area contributed by atoms with E-state index in [0.29, 0.717) is 11.3 Å². The van der Waals surface area contributed by atoms with Crippen LogP contribution in [0.2, 0.25) is 0 Å². The third kappa shape index (κ3) is 3.30. The molecule has 0 unspecified atom stereocenters. The Morgan fingerprint density at radius 2 is 2.22 bits per heavy atom. The standard InChI is InChI=1S/C12H11BrN2O2S/c13-11-5-4-9(18-11)6-7-14-12(16)10-3-1-2-8-15(10)17/h1-5,8H,6-7H2,(H,14,16). The highest BCUT2D eigenvalue weighted by atomic mass is 79.9. The summed E-state index contributed by atoms with van der Waals surface area (Å²) < 4.78 is 1.64. The van der Waals surface area contributed by atoms with E-state index in [1.807, 2.05) is 12.1 Å². The summed E-state index contributed by atoms with van der Waals surface area (Å²) in [6, 6.07) is 8.75. The van der Waals surface area contributed by atoms with E-state index >= 15 is 0 Å². The largest absolute Gasteiger partial charge is 0.618 e. The second kappa shape index (κ2) is 5.97. The number of halogens is 1. The van der Waals surface area contributed by atoms with Crippen LogP contribution in [0.1, 0.15) is 15.4 Å². The maximum Gasteiger partial charge on any atom is 0.317 e. The Hall–Kier alpha value is -1.40. The zero-order valence-corrected chi connectivity index (χ0v) is 11.8. The fourth-order valence-electron chi connectivity index (χ4n) is 1.48. The molecule has 4 nitrogen and oxygen atoms in total. The molecule has 0 atom stereocenters. The Bertz CT molecular complexity index is 557. The fraction of sp³-hybridized carbons (Fsp3) is 0.167. The molecule has 18 heavy (non-hydrogen) atoms. The molecule has 94 valence electrons. The van der Waals surface area contributed by atoms with Gasteiger partial charge in [0.25, 0.3) is 5.69 Å². The van der Waals surface area contributed by atoms with Gasteiger partial charge < -0.3 is 10.5 Å². The Balaban J connectivity index is 1.87. The Morgan fingerprint density at radius 3 is 2.89 bits per heavy atom.